The Labute approximate surface area is 101 Å². The summed E-state index contributed by atoms with van der Waals surface area (Å²) in [6.07, 6.45) is 3.29. The number of hydrogen-bond donors (Lipinski definition) is 1. The minimum Gasteiger partial charge on any atom is -0.360 e. The van der Waals surface area contributed by atoms with Crippen molar-refractivity contribution in [3.05, 3.63) is 42.0 Å². The highest BCUT2D eigenvalue weighted by molar-refractivity contribution is 6.02. The fraction of sp³-hybridized carbons (Fsp3) is 0.0909. The highest BCUT2D eigenvalue weighted by Gasteiger charge is 2.11. The maximum absolute atomic E-state index is 11.9. The first-order valence-corrected chi connectivity index (χ1v) is 5.27. The van der Waals surface area contributed by atoms with Crippen molar-refractivity contribution in [1.82, 2.24) is 19.8 Å². The van der Waals surface area contributed by atoms with Gasteiger partial charge in [-0.2, -0.15) is 5.10 Å². The van der Waals surface area contributed by atoms with Gasteiger partial charge in [0.25, 0.3) is 5.91 Å². The van der Waals surface area contributed by atoms with Crippen LogP contribution in [0.1, 0.15) is 16.2 Å². The Morgan fingerprint density at radius 1 is 1.44 bits per heavy atom. The van der Waals surface area contributed by atoms with Crippen molar-refractivity contribution in [3.63, 3.8) is 0 Å². The monoisotopic (exact) mass is 243 g/mol. The number of amides is 1. The lowest BCUT2D eigenvalue weighted by Crippen LogP contribution is -2.15. The average Bonchev–Trinajstić information content (AvgIpc) is 2.96. The van der Waals surface area contributed by atoms with Crippen molar-refractivity contribution >= 4 is 17.4 Å². The zero-order valence-electron chi connectivity index (χ0n) is 9.49. The number of nitrogens with one attached hydrogen (secondary N) is 1. The van der Waals surface area contributed by atoms with Crippen LogP contribution in [0.3, 0.4) is 0 Å². The number of carbonyl (C=O) groups is 1. The third-order valence-corrected chi connectivity index (χ3v) is 2.36. The van der Waals surface area contributed by atoms with E-state index in [9.17, 15) is 4.79 Å². The maximum Gasteiger partial charge on any atom is 0.277 e. The number of imidazole rings is 1. The lowest BCUT2D eigenvalue weighted by molar-refractivity contribution is 0.102. The standard InChI is InChI=1S/C11H9N5O2/c1-7-6-9(15-18-7)13-11(17)8-2-3-10-12-4-5-16(10)14-8/h2-6H,1H3,(H,13,15,17). The molecule has 1 N–H and O–H groups in total. The van der Waals surface area contributed by atoms with E-state index in [2.05, 4.69) is 20.6 Å². The van der Waals surface area contributed by atoms with Gasteiger partial charge in [0, 0.05) is 18.5 Å². The molecule has 3 heterocycles. The van der Waals surface area contributed by atoms with Gasteiger partial charge in [0.2, 0.25) is 0 Å². The Kier molecular flexibility index (Phi) is 2.30. The number of fused-ring (bicyclic) bond motifs is 1. The normalized spacial score (nSPS) is 10.7. The van der Waals surface area contributed by atoms with E-state index in [1.54, 1.807) is 37.5 Å². The summed E-state index contributed by atoms with van der Waals surface area (Å²) in [5, 5.41) is 10.4. The first-order valence-electron chi connectivity index (χ1n) is 5.27. The highest BCUT2D eigenvalue weighted by Crippen LogP contribution is 2.09. The summed E-state index contributed by atoms with van der Waals surface area (Å²) in [4.78, 5) is 15.9. The van der Waals surface area contributed by atoms with Crippen LogP contribution < -0.4 is 5.32 Å². The Hall–Kier alpha value is -2.70. The first-order chi connectivity index (χ1) is 8.72. The summed E-state index contributed by atoms with van der Waals surface area (Å²) in [5.74, 6) is 0.646. The second kappa shape index (κ2) is 3.95. The Balaban J connectivity index is 1.87. The third kappa shape index (κ3) is 1.81. The maximum atomic E-state index is 11.9. The summed E-state index contributed by atoms with van der Waals surface area (Å²) in [6.45, 7) is 1.75. The van der Waals surface area contributed by atoms with Gasteiger partial charge in [-0.25, -0.2) is 9.50 Å². The van der Waals surface area contributed by atoms with Crippen LogP contribution in [0.15, 0.2) is 35.1 Å². The second-order valence-electron chi connectivity index (χ2n) is 3.73. The quantitative estimate of drug-likeness (QED) is 0.732. The molecule has 0 aliphatic heterocycles. The number of hydrogen-bond acceptors (Lipinski definition) is 5. The summed E-state index contributed by atoms with van der Waals surface area (Å²) in [6, 6.07) is 4.95. The van der Waals surface area contributed by atoms with Gasteiger partial charge in [0.05, 0.1) is 0 Å². The number of rotatable bonds is 2. The van der Waals surface area contributed by atoms with Crippen molar-refractivity contribution in [2.45, 2.75) is 6.92 Å². The van der Waals surface area contributed by atoms with Crippen molar-refractivity contribution in [2.24, 2.45) is 0 Å². The summed E-state index contributed by atoms with van der Waals surface area (Å²) >= 11 is 0. The van der Waals surface area contributed by atoms with Gasteiger partial charge in [-0.05, 0) is 19.1 Å². The zero-order valence-corrected chi connectivity index (χ0v) is 9.49. The molecule has 18 heavy (non-hydrogen) atoms. The minimum absolute atomic E-state index is 0.279. The van der Waals surface area contributed by atoms with Crippen LogP contribution in [0.25, 0.3) is 5.65 Å². The summed E-state index contributed by atoms with van der Waals surface area (Å²) in [7, 11) is 0. The van der Waals surface area contributed by atoms with Crippen LogP contribution in [-0.2, 0) is 0 Å². The fourth-order valence-electron chi connectivity index (χ4n) is 1.54. The van der Waals surface area contributed by atoms with Crippen LogP contribution >= 0.6 is 0 Å². The molecule has 1 amide bonds. The molecule has 0 saturated carbocycles. The Bertz CT molecular complexity index is 715. The number of aryl methyl sites for hydroxylation is 1. The van der Waals surface area contributed by atoms with E-state index in [0.717, 1.165) is 0 Å². The molecule has 0 radical (unpaired) electrons. The Morgan fingerprint density at radius 3 is 3.11 bits per heavy atom. The van der Waals surface area contributed by atoms with Crippen LogP contribution in [0.4, 0.5) is 5.82 Å². The Morgan fingerprint density at radius 2 is 2.33 bits per heavy atom. The molecule has 3 aromatic heterocycles. The van der Waals surface area contributed by atoms with Crippen LogP contribution in [0.5, 0.6) is 0 Å². The average molecular weight is 243 g/mol. The molecule has 0 saturated heterocycles. The van der Waals surface area contributed by atoms with Crippen LogP contribution in [0.2, 0.25) is 0 Å². The van der Waals surface area contributed by atoms with Crippen molar-refractivity contribution in [3.8, 4) is 0 Å². The highest BCUT2D eigenvalue weighted by atomic mass is 16.5. The lowest BCUT2D eigenvalue weighted by atomic mass is 10.3. The van der Waals surface area contributed by atoms with Crippen molar-refractivity contribution < 1.29 is 9.32 Å². The first kappa shape index (κ1) is 10.5. The van der Waals surface area contributed by atoms with Gasteiger partial charge in [0.1, 0.15) is 11.5 Å². The fourth-order valence-corrected chi connectivity index (χ4v) is 1.54. The second-order valence-corrected chi connectivity index (χ2v) is 3.73. The lowest BCUT2D eigenvalue weighted by Gasteiger charge is -2.00. The molecular weight excluding hydrogens is 234 g/mol. The van der Waals surface area contributed by atoms with Gasteiger partial charge in [0.15, 0.2) is 11.5 Å². The van der Waals surface area contributed by atoms with Crippen molar-refractivity contribution in [2.75, 3.05) is 5.32 Å². The molecular formula is C11H9N5O2. The van der Waals surface area contributed by atoms with Gasteiger partial charge < -0.3 is 9.84 Å². The molecule has 0 aliphatic carbocycles. The topological polar surface area (TPSA) is 85.3 Å². The molecule has 0 atom stereocenters. The van der Waals surface area contributed by atoms with Crippen molar-refractivity contribution in [1.29, 1.82) is 0 Å². The molecule has 0 fully saturated rings. The van der Waals surface area contributed by atoms with E-state index in [4.69, 9.17) is 4.52 Å². The minimum atomic E-state index is -0.348. The zero-order chi connectivity index (χ0) is 12.5. The number of aromatic nitrogens is 4. The molecule has 90 valence electrons. The van der Waals surface area contributed by atoms with E-state index < -0.39 is 0 Å². The summed E-state index contributed by atoms with van der Waals surface area (Å²) in [5.41, 5.74) is 0.963. The van der Waals surface area contributed by atoms with E-state index in [1.165, 1.54) is 4.52 Å². The molecule has 7 nitrogen and oxygen atoms in total. The van der Waals surface area contributed by atoms with Crippen LogP contribution in [0, 0.1) is 6.92 Å². The predicted octanol–water partition coefficient (Wildman–Crippen LogP) is 1.28. The molecule has 0 spiro atoms. The largest absolute Gasteiger partial charge is 0.360 e. The molecule has 0 bridgehead atoms. The number of nitrogens with zero attached hydrogens (tertiary/aromatic N) is 4. The molecule has 0 aliphatic rings. The van der Waals surface area contributed by atoms with E-state index in [-0.39, 0.29) is 11.6 Å². The smallest absolute Gasteiger partial charge is 0.277 e. The molecule has 3 aromatic rings. The molecule has 0 aromatic carbocycles. The molecule has 3 rings (SSSR count). The summed E-state index contributed by atoms with van der Waals surface area (Å²) < 4.78 is 6.39. The predicted molar refractivity (Wildman–Crippen MR) is 62.2 cm³/mol. The van der Waals surface area contributed by atoms with Crippen LogP contribution in [-0.4, -0.2) is 25.7 Å². The number of anilines is 1. The van der Waals surface area contributed by atoms with Gasteiger partial charge in [-0.15, -0.1) is 0 Å². The molecule has 0 unspecified atom stereocenters. The van der Waals surface area contributed by atoms with E-state index in [1.807, 2.05) is 0 Å². The SMILES string of the molecule is Cc1cc(NC(=O)c2ccc3nccn3n2)no1. The van der Waals surface area contributed by atoms with E-state index >= 15 is 0 Å². The molecule has 7 heteroatoms. The van der Waals surface area contributed by atoms with E-state index in [0.29, 0.717) is 17.2 Å². The van der Waals surface area contributed by atoms with Gasteiger partial charge in [-0.1, -0.05) is 5.16 Å². The number of carbonyl (C=O) groups excluding carboxylic acids is 1. The third-order valence-electron chi connectivity index (χ3n) is 2.36. The van der Waals surface area contributed by atoms with Gasteiger partial charge in [-0.3, -0.25) is 4.79 Å². The van der Waals surface area contributed by atoms with Gasteiger partial charge >= 0.3 is 0 Å².